The summed E-state index contributed by atoms with van der Waals surface area (Å²) in [5.74, 6) is -0.940. The first kappa shape index (κ1) is 12.6. The Labute approximate surface area is 105 Å². The number of aromatic carboxylic acids is 1. The molecule has 6 heteroatoms. The fourth-order valence-corrected chi connectivity index (χ4v) is 2.40. The SMILES string of the molecule is CC1(C)OB(c2ccsc2C(=O)O)OC1(C)C. The lowest BCUT2D eigenvalue weighted by atomic mass is 9.79. The Kier molecular flexibility index (Phi) is 2.84. The Morgan fingerprint density at radius 1 is 1.29 bits per heavy atom. The molecule has 1 N–H and O–H groups in total. The summed E-state index contributed by atoms with van der Waals surface area (Å²) in [5, 5.41) is 10.8. The summed E-state index contributed by atoms with van der Waals surface area (Å²) in [7, 11) is -0.600. The molecule has 1 fully saturated rings. The van der Waals surface area contributed by atoms with Crippen LogP contribution < -0.4 is 5.46 Å². The average molecular weight is 254 g/mol. The van der Waals surface area contributed by atoms with Crippen LogP contribution in [-0.2, 0) is 9.31 Å². The van der Waals surface area contributed by atoms with Crippen molar-refractivity contribution in [3.63, 3.8) is 0 Å². The van der Waals surface area contributed by atoms with Gasteiger partial charge in [0.2, 0.25) is 0 Å². The third kappa shape index (κ3) is 2.01. The molecule has 0 unspecified atom stereocenters. The van der Waals surface area contributed by atoms with Crippen molar-refractivity contribution in [2.75, 3.05) is 0 Å². The lowest BCUT2D eigenvalue weighted by Gasteiger charge is -2.32. The van der Waals surface area contributed by atoms with E-state index in [1.165, 1.54) is 11.3 Å². The lowest BCUT2D eigenvalue weighted by molar-refractivity contribution is 0.00578. The maximum absolute atomic E-state index is 11.1. The molecule has 17 heavy (non-hydrogen) atoms. The van der Waals surface area contributed by atoms with Crippen molar-refractivity contribution >= 4 is 29.9 Å². The Balaban J connectivity index is 2.32. The summed E-state index contributed by atoms with van der Waals surface area (Å²) in [5.41, 5.74) is -0.300. The molecular weight excluding hydrogens is 239 g/mol. The smallest absolute Gasteiger partial charge is 0.477 e. The molecule has 2 heterocycles. The van der Waals surface area contributed by atoms with Gasteiger partial charge in [-0.05, 0) is 33.1 Å². The highest BCUT2D eigenvalue weighted by atomic mass is 32.1. The maximum atomic E-state index is 11.1. The highest BCUT2D eigenvalue weighted by Crippen LogP contribution is 2.36. The van der Waals surface area contributed by atoms with Gasteiger partial charge in [0.15, 0.2) is 0 Å². The standard InChI is InChI=1S/C11H15BO4S/c1-10(2)11(3,4)16-12(15-10)7-5-6-17-8(7)9(13)14/h5-6H,1-4H3,(H,13,14). The van der Waals surface area contributed by atoms with Crippen LogP contribution in [0.4, 0.5) is 0 Å². The minimum Gasteiger partial charge on any atom is -0.477 e. The predicted octanol–water partition coefficient (Wildman–Crippen LogP) is 1.75. The van der Waals surface area contributed by atoms with Crippen molar-refractivity contribution in [1.82, 2.24) is 0 Å². The topological polar surface area (TPSA) is 55.8 Å². The highest BCUT2D eigenvalue weighted by molar-refractivity contribution is 7.13. The van der Waals surface area contributed by atoms with Crippen LogP contribution in [0.25, 0.3) is 0 Å². The number of carbonyl (C=O) groups is 1. The van der Waals surface area contributed by atoms with Gasteiger partial charge in [0.1, 0.15) is 4.88 Å². The molecule has 1 aliphatic heterocycles. The van der Waals surface area contributed by atoms with Gasteiger partial charge in [0.05, 0.1) is 11.2 Å². The molecule has 0 atom stereocenters. The number of carboxylic acid groups (broad SMARTS) is 1. The first-order chi connectivity index (χ1) is 7.74. The molecule has 1 saturated heterocycles. The Morgan fingerprint density at radius 2 is 1.82 bits per heavy atom. The van der Waals surface area contributed by atoms with E-state index in [1.807, 2.05) is 27.7 Å². The normalized spacial score (nSPS) is 21.8. The number of thiophene rings is 1. The van der Waals surface area contributed by atoms with Crippen LogP contribution in [0.2, 0.25) is 0 Å². The molecule has 1 aromatic heterocycles. The van der Waals surface area contributed by atoms with Gasteiger partial charge in [-0.15, -0.1) is 11.3 Å². The van der Waals surface area contributed by atoms with E-state index in [2.05, 4.69) is 0 Å². The summed E-state index contributed by atoms with van der Waals surface area (Å²) in [6.45, 7) is 7.78. The second-order valence-corrected chi connectivity index (χ2v) is 6.01. The summed E-state index contributed by atoms with van der Waals surface area (Å²) < 4.78 is 11.6. The van der Waals surface area contributed by atoms with Crippen LogP contribution in [0.1, 0.15) is 37.4 Å². The molecule has 2 rings (SSSR count). The van der Waals surface area contributed by atoms with Gasteiger partial charge in [-0.2, -0.15) is 0 Å². The predicted molar refractivity (Wildman–Crippen MR) is 67.0 cm³/mol. The molecule has 1 aromatic rings. The fourth-order valence-electron chi connectivity index (χ4n) is 1.65. The van der Waals surface area contributed by atoms with Gasteiger partial charge in [-0.3, -0.25) is 0 Å². The Bertz CT molecular complexity index is 436. The van der Waals surface area contributed by atoms with Crippen molar-refractivity contribution < 1.29 is 19.2 Å². The number of hydrogen-bond donors (Lipinski definition) is 1. The van der Waals surface area contributed by atoms with Crippen molar-refractivity contribution in [2.45, 2.75) is 38.9 Å². The largest absolute Gasteiger partial charge is 0.496 e. The minimum absolute atomic E-state index is 0.281. The van der Waals surface area contributed by atoms with Crippen LogP contribution in [0.15, 0.2) is 11.4 Å². The van der Waals surface area contributed by atoms with E-state index in [-0.39, 0.29) is 4.88 Å². The van der Waals surface area contributed by atoms with Crippen LogP contribution in [0, 0.1) is 0 Å². The molecule has 0 radical (unpaired) electrons. The van der Waals surface area contributed by atoms with Gasteiger partial charge < -0.3 is 14.4 Å². The van der Waals surface area contributed by atoms with Gasteiger partial charge in [0.25, 0.3) is 0 Å². The lowest BCUT2D eigenvalue weighted by Crippen LogP contribution is -2.41. The summed E-state index contributed by atoms with van der Waals surface area (Å²) in [4.78, 5) is 11.3. The molecule has 0 spiro atoms. The van der Waals surface area contributed by atoms with E-state index in [1.54, 1.807) is 11.4 Å². The molecule has 92 valence electrons. The molecular formula is C11H15BO4S. The summed E-state index contributed by atoms with van der Waals surface area (Å²) in [6, 6.07) is 1.75. The number of hydrogen-bond acceptors (Lipinski definition) is 4. The van der Waals surface area contributed by atoms with Crippen LogP contribution in [0.5, 0.6) is 0 Å². The van der Waals surface area contributed by atoms with Crippen molar-refractivity contribution in [3.8, 4) is 0 Å². The van der Waals surface area contributed by atoms with Crippen LogP contribution >= 0.6 is 11.3 Å². The first-order valence-electron chi connectivity index (χ1n) is 5.41. The maximum Gasteiger partial charge on any atom is 0.496 e. The zero-order valence-electron chi connectivity index (χ0n) is 10.3. The van der Waals surface area contributed by atoms with E-state index in [0.717, 1.165) is 0 Å². The van der Waals surface area contributed by atoms with Crippen molar-refractivity contribution in [2.24, 2.45) is 0 Å². The van der Waals surface area contributed by atoms with Crippen molar-refractivity contribution in [3.05, 3.63) is 16.3 Å². The molecule has 0 amide bonds. The molecule has 0 aliphatic carbocycles. The molecule has 0 aromatic carbocycles. The highest BCUT2D eigenvalue weighted by Gasteiger charge is 2.52. The van der Waals surface area contributed by atoms with E-state index in [4.69, 9.17) is 14.4 Å². The van der Waals surface area contributed by atoms with Crippen molar-refractivity contribution in [1.29, 1.82) is 0 Å². The van der Waals surface area contributed by atoms with E-state index in [0.29, 0.717) is 5.46 Å². The van der Waals surface area contributed by atoms with Crippen LogP contribution in [0.3, 0.4) is 0 Å². The Morgan fingerprint density at radius 3 is 2.29 bits per heavy atom. The molecule has 0 bridgehead atoms. The first-order valence-corrected chi connectivity index (χ1v) is 6.29. The fraction of sp³-hybridized carbons (Fsp3) is 0.545. The van der Waals surface area contributed by atoms with Gasteiger partial charge in [-0.25, -0.2) is 4.79 Å². The minimum atomic E-state index is -0.940. The van der Waals surface area contributed by atoms with E-state index in [9.17, 15) is 4.79 Å². The van der Waals surface area contributed by atoms with Gasteiger partial charge in [-0.1, -0.05) is 6.07 Å². The number of carboxylic acids is 1. The van der Waals surface area contributed by atoms with E-state index < -0.39 is 24.3 Å². The quantitative estimate of drug-likeness (QED) is 0.817. The second kappa shape index (κ2) is 3.83. The van der Waals surface area contributed by atoms with Crippen LogP contribution in [-0.4, -0.2) is 29.4 Å². The van der Waals surface area contributed by atoms with Gasteiger partial charge in [0, 0.05) is 5.46 Å². The summed E-state index contributed by atoms with van der Waals surface area (Å²) in [6.07, 6.45) is 0. The number of rotatable bonds is 2. The monoisotopic (exact) mass is 254 g/mol. The van der Waals surface area contributed by atoms with E-state index >= 15 is 0 Å². The third-order valence-corrected chi connectivity index (χ3v) is 4.32. The van der Waals surface area contributed by atoms with Gasteiger partial charge >= 0.3 is 13.1 Å². The summed E-state index contributed by atoms with van der Waals surface area (Å²) >= 11 is 1.19. The average Bonchev–Trinajstić information content (AvgIpc) is 2.69. The zero-order valence-corrected chi connectivity index (χ0v) is 11.1. The molecule has 1 aliphatic rings. The second-order valence-electron chi connectivity index (χ2n) is 5.10. The zero-order chi connectivity index (χ0) is 12.8. The Hall–Kier alpha value is -0.845. The molecule has 0 saturated carbocycles. The third-order valence-electron chi connectivity index (χ3n) is 3.40. The molecule has 4 nitrogen and oxygen atoms in total.